The fourth-order valence-corrected chi connectivity index (χ4v) is 3.47. The van der Waals surface area contributed by atoms with Gasteiger partial charge in [0.05, 0.1) is 12.5 Å². The number of esters is 1. The fourth-order valence-electron chi connectivity index (χ4n) is 3.47. The smallest absolute Gasteiger partial charge is 0.305 e. The van der Waals surface area contributed by atoms with E-state index in [1.807, 2.05) is 6.92 Å². The van der Waals surface area contributed by atoms with Crippen LogP contribution in [0.1, 0.15) is 51.9 Å². The highest BCUT2D eigenvalue weighted by molar-refractivity contribution is 6.03. The van der Waals surface area contributed by atoms with E-state index in [9.17, 15) is 14.4 Å². The lowest BCUT2D eigenvalue weighted by atomic mass is 9.68. The third kappa shape index (κ3) is 2.24. The van der Waals surface area contributed by atoms with Gasteiger partial charge in [0.15, 0.2) is 5.78 Å². The van der Waals surface area contributed by atoms with E-state index in [4.69, 9.17) is 0 Å². The highest BCUT2D eigenvalue weighted by Gasteiger charge is 2.48. The number of ketones is 2. The summed E-state index contributed by atoms with van der Waals surface area (Å²) < 4.78 is 4.62. The molecule has 19 heavy (non-hydrogen) atoms. The van der Waals surface area contributed by atoms with Crippen molar-refractivity contribution in [2.45, 2.75) is 51.9 Å². The summed E-state index contributed by atoms with van der Waals surface area (Å²) in [6, 6.07) is 0. The highest BCUT2D eigenvalue weighted by atomic mass is 16.5. The molecule has 0 aromatic carbocycles. The van der Waals surface area contributed by atoms with Crippen molar-refractivity contribution in [1.29, 1.82) is 0 Å². The summed E-state index contributed by atoms with van der Waals surface area (Å²) >= 11 is 0. The van der Waals surface area contributed by atoms with Crippen molar-refractivity contribution in [2.75, 3.05) is 7.11 Å². The first-order chi connectivity index (χ1) is 9.05. The van der Waals surface area contributed by atoms with Crippen molar-refractivity contribution in [3.05, 3.63) is 11.1 Å². The van der Waals surface area contributed by atoms with Crippen LogP contribution in [0.3, 0.4) is 0 Å². The lowest BCUT2D eigenvalue weighted by molar-refractivity contribution is -0.140. The molecule has 2 aliphatic rings. The largest absolute Gasteiger partial charge is 0.469 e. The first kappa shape index (κ1) is 14.0. The summed E-state index contributed by atoms with van der Waals surface area (Å²) in [5, 5.41) is 0. The SMILES string of the molecule is CC[C@]12CCC(=O)C(CCC(=O)OC)=C1CCC2=O. The molecule has 0 aliphatic heterocycles. The number of fused-ring (bicyclic) bond motifs is 1. The number of allylic oxidation sites excluding steroid dienone is 2. The zero-order chi connectivity index (χ0) is 14.0. The molecule has 1 fully saturated rings. The van der Waals surface area contributed by atoms with Crippen LogP contribution in [0.25, 0.3) is 0 Å². The molecule has 0 bridgehead atoms. The quantitative estimate of drug-likeness (QED) is 0.731. The van der Waals surface area contributed by atoms with Crippen LogP contribution in [0, 0.1) is 5.41 Å². The second-order valence-corrected chi connectivity index (χ2v) is 5.32. The minimum absolute atomic E-state index is 0.109. The second-order valence-electron chi connectivity index (χ2n) is 5.32. The Kier molecular flexibility index (Phi) is 3.88. The van der Waals surface area contributed by atoms with Crippen LogP contribution < -0.4 is 0 Å². The molecule has 0 aromatic heterocycles. The van der Waals surface area contributed by atoms with Gasteiger partial charge >= 0.3 is 5.97 Å². The molecule has 1 saturated carbocycles. The zero-order valence-corrected chi connectivity index (χ0v) is 11.6. The summed E-state index contributed by atoms with van der Waals surface area (Å²) in [5.41, 5.74) is 1.34. The maximum Gasteiger partial charge on any atom is 0.305 e. The Labute approximate surface area is 113 Å². The molecule has 0 radical (unpaired) electrons. The van der Waals surface area contributed by atoms with Gasteiger partial charge in [0.25, 0.3) is 0 Å². The van der Waals surface area contributed by atoms with Gasteiger partial charge in [0.1, 0.15) is 5.78 Å². The molecule has 4 nitrogen and oxygen atoms in total. The number of hydrogen-bond acceptors (Lipinski definition) is 4. The van der Waals surface area contributed by atoms with Gasteiger partial charge in [-0.1, -0.05) is 6.92 Å². The topological polar surface area (TPSA) is 60.4 Å². The number of carbonyl (C=O) groups is 3. The van der Waals surface area contributed by atoms with Gasteiger partial charge in [-0.05, 0) is 36.8 Å². The minimum atomic E-state index is -0.403. The average molecular weight is 264 g/mol. The third-order valence-electron chi connectivity index (χ3n) is 4.60. The first-order valence-electron chi connectivity index (χ1n) is 6.91. The van der Waals surface area contributed by atoms with Crippen LogP contribution in [0.2, 0.25) is 0 Å². The van der Waals surface area contributed by atoms with Crippen molar-refractivity contribution in [3.8, 4) is 0 Å². The molecular formula is C15H20O4. The van der Waals surface area contributed by atoms with Crippen LogP contribution in [-0.2, 0) is 19.1 Å². The van der Waals surface area contributed by atoms with Crippen molar-refractivity contribution in [1.82, 2.24) is 0 Å². The Morgan fingerprint density at radius 3 is 2.63 bits per heavy atom. The predicted octanol–water partition coefficient (Wildman–Crippen LogP) is 2.36. The van der Waals surface area contributed by atoms with E-state index in [0.29, 0.717) is 32.1 Å². The predicted molar refractivity (Wildman–Crippen MR) is 69.5 cm³/mol. The number of hydrogen-bond donors (Lipinski definition) is 0. The number of ether oxygens (including phenoxy) is 1. The van der Waals surface area contributed by atoms with Gasteiger partial charge in [0, 0.05) is 19.3 Å². The normalized spacial score (nSPS) is 26.6. The average Bonchev–Trinajstić information content (AvgIpc) is 2.75. The fraction of sp³-hybridized carbons (Fsp3) is 0.667. The van der Waals surface area contributed by atoms with Crippen molar-refractivity contribution in [2.24, 2.45) is 5.41 Å². The molecule has 2 aliphatic carbocycles. The van der Waals surface area contributed by atoms with Crippen molar-refractivity contribution in [3.63, 3.8) is 0 Å². The third-order valence-corrected chi connectivity index (χ3v) is 4.60. The Balaban J connectivity index is 2.31. The molecule has 104 valence electrons. The summed E-state index contributed by atoms with van der Waals surface area (Å²) in [6.07, 6.45) is 3.70. The van der Waals surface area contributed by atoms with E-state index in [2.05, 4.69) is 4.74 Å². The number of carbonyl (C=O) groups excluding carboxylic acids is 3. The van der Waals surface area contributed by atoms with Crippen molar-refractivity contribution >= 4 is 17.5 Å². The van der Waals surface area contributed by atoms with Crippen LogP contribution in [0.4, 0.5) is 0 Å². The van der Waals surface area contributed by atoms with E-state index in [1.165, 1.54) is 7.11 Å². The van der Waals surface area contributed by atoms with E-state index >= 15 is 0 Å². The molecule has 0 heterocycles. The minimum Gasteiger partial charge on any atom is -0.469 e. The summed E-state index contributed by atoms with van der Waals surface area (Å²) in [4.78, 5) is 35.5. The van der Waals surface area contributed by atoms with Gasteiger partial charge in [0.2, 0.25) is 0 Å². The van der Waals surface area contributed by atoms with Gasteiger partial charge in [-0.3, -0.25) is 14.4 Å². The molecule has 4 heteroatoms. The number of rotatable bonds is 4. The maximum absolute atomic E-state index is 12.2. The highest BCUT2D eigenvalue weighted by Crippen LogP contribution is 2.51. The zero-order valence-electron chi connectivity index (χ0n) is 11.6. The molecule has 1 atom stereocenters. The van der Waals surface area contributed by atoms with E-state index in [1.54, 1.807) is 0 Å². The van der Waals surface area contributed by atoms with E-state index < -0.39 is 5.41 Å². The monoisotopic (exact) mass is 264 g/mol. The van der Waals surface area contributed by atoms with Gasteiger partial charge in [-0.25, -0.2) is 0 Å². The van der Waals surface area contributed by atoms with E-state index in [-0.39, 0.29) is 24.0 Å². The Bertz CT molecular complexity index is 461. The van der Waals surface area contributed by atoms with Gasteiger partial charge in [-0.15, -0.1) is 0 Å². The molecular weight excluding hydrogens is 244 g/mol. The lowest BCUT2D eigenvalue weighted by Crippen LogP contribution is -2.33. The van der Waals surface area contributed by atoms with Crippen LogP contribution in [-0.4, -0.2) is 24.6 Å². The molecule has 0 unspecified atom stereocenters. The van der Waals surface area contributed by atoms with Gasteiger partial charge in [-0.2, -0.15) is 0 Å². The Morgan fingerprint density at radius 2 is 2.00 bits per heavy atom. The summed E-state index contributed by atoms with van der Waals surface area (Å²) in [6.45, 7) is 2.01. The standard InChI is InChI=1S/C15H20O4/c1-3-15-9-8-12(16)10(4-7-14(18)19-2)11(15)5-6-13(15)17/h3-9H2,1-2H3/t15-/m0/s1. The Morgan fingerprint density at radius 1 is 1.26 bits per heavy atom. The number of Topliss-reactive ketones (excluding diaryl/α,β-unsaturated/α-hetero) is 2. The van der Waals surface area contributed by atoms with Gasteiger partial charge < -0.3 is 4.74 Å². The van der Waals surface area contributed by atoms with Crippen molar-refractivity contribution < 1.29 is 19.1 Å². The lowest BCUT2D eigenvalue weighted by Gasteiger charge is -2.33. The molecule has 0 amide bonds. The summed E-state index contributed by atoms with van der Waals surface area (Å²) in [7, 11) is 1.35. The Hall–Kier alpha value is -1.45. The first-order valence-corrected chi connectivity index (χ1v) is 6.91. The molecule has 0 saturated heterocycles. The maximum atomic E-state index is 12.2. The molecule has 0 aromatic rings. The van der Waals surface area contributed by atoms with Crippen LogP contribution in [0.15, 0.2) is 11.1 Å². The number of methoxy groups -OCH3 is 1. The van der Waals surface area contributed by atoms with Crippen LogP contribution >= 0.6 is 0 Å². The molecule has 0 spiro atoms. The van der Waals surface area contributed by atoms with E-state index in [0.717, 1.165) is 17.6 Å². The molecule has 0 N–H and O–H groups in total. The second kappa shape index (κ2) is 5.27. The molecule has 2 rings (SSSR count). The summed E-state index contributed by atoms with van der Waals surface area (Å²) in [5.74, 6) is 0.0728. The van der Waals surface area contributed by atoms with Crippen LogP contribution in [0.5, 0.6) is 0 Å².